The third-order valence-electron chi connectivity index (χ3n) is 8.52. The fraction of sp³-hybridized carbons (Fsp3) is 0.500. The van der Waals surface area contributed by atoms with Crippen LogP contribution in [0.5, 0.6) is 5.75 Å². The number of nitrogens with zero attached hydrogens (tertiary/aromatic N) is 4. The first-order chi connectivity index (χ1) is 17.0. The monoisotopic (exact) mass is 474 g/mol. The van der Waals surface area contributed by atoms with Gasteiger partial charge in [0, 0.05) is 68.2 Å². The lowest BCUT2D eigenvalue weighted by molar-refractivity contribution is 0.0390. The molecule has 3 aromatic rings. The minimum atomic E-state index is -0.0459. The van der Waals surface area contributed by atoms with Crippen molar-refractivity contribution in [2.45, 2.75) is 37.1 Å². The van der Waals surface area contributed by atoms with Gasteiger partial charge in [-0.05, 0) is 61.4 Å². The Hall–Kier alpha value is -2.90. The number of amides is 1. The van der Waals surface area contributed by atoms with E-state index in [1.807, 2.05) is 23.1 Å². The van der Waals surface area contributed by atoms with Gasteiger partial charge < -0.3 is 19.3 Å². The van der Waals surface area contributed by atoms with Gasteiger partial charge in [0.25, 0.3) is 5.91 Å². The summed E-state index contributed by atoms with van der Waals surface area (Å²) in [6.45, 7) is 3.53. The van der Waals surface area contributed by atoms with E-state index in [0.29, 0.717) is 5.56 Å². The molecule has 1 aliphatic carbocycles. The lowest BCUT2D eigenvalue weighted by Gasteiger charge is -2.50. The van der Waals surface area contributed by atoms with Crippen LogP contribution in [0.4, 0.5) is 0 Å². The fourth-order valence-electron chi connectivity index (χ4n) is 6.50. The maximum absolute atomic E-state index is 13.1. The van der Waals surface area contributed by atoms with Gasteiger partial charge in [-0.3, -0.25) is 14.7 Å². The number of aliphatic hydroxyl groups excluding tert-OH is 1. The van der Waals surface area contributed by atoms with Crippen LogP contribution in [0.3, 0.4) is 0 Å². The van der Waals surface area contributed by atoms with Crippen LogP contribution in [0.1, 0.15) is 53.3 Å². The van der Waals surface area contributed by atoms with E-state index in [1.165, 1.54) is 29.5 Å². The normalized spacial score (nSPS) is 21.9. The molecule has 7 nitrogen and oxygen atoms in total. The van der Waals surface area contributed by atoms with E-state index < -0.39 is 0 Å². The number of aryl methyl sites for hydroxylation is 1. The molecule has 35 heavy (non-hydrogen) atoms. The van der Waals surface area contributed by atoms with Crippen molar-refractivity contribution in [3.63, 3.8) is 0 Å². The Kier molecular flexibility index (Phi) is 5.57. The van der Waals surface area contributed by atoms with Gasteiger partial charge in [-0.2, -0.15) is 0 Å². The summed E-state index contributed by atoms with van der Waals surface area (Å²) >= 11 is 0. The number of fused-ring (bicyclic) bond motifs is 4. The first kappa shape index (κ1) is 22.6. The van der Waals surface area contributed by atoms with Crippen molar-refractivity contribution in [1.82, 2.24) is 19.4 Å². The van der Waals surface area contributed by atoms with Crippen LogP contribution in [0.15, 0.2) is 42.7 Å². The van der Waals surface area contributed by atoms with Crippen LogP contribution in [-0.4, -0.2) is 70.3 Å². The van der Waals surface area contributed by atoms with Gasteiger partial charge in [-0.15, -0.1) is 0 Å². The molecule has 6 rings (SSSR count). The molecule has 2 aliphatic heterocycles. The van der Waals surface area contributed by atoms with Crippen molar-refractivity contribution in [3.05, 3.63) is 59.5 Å². The van der Waals surface area contributed by atoms with E-state index in [1.54, 1.807) is 19.5 Å². The first-order valence-corrected chi connectivity index (χ1v) is 12.8. The SMILES string of the molecule is COc1ccc2c3c(n(C)c2c1)[C@@H](CO)N(CC1CC1)CC31CCN(C(=O)c2cccnc2)CC1. The van der Waals surface area contributed by atoms with Crippen molar-refractivity contribution in [3.8, 4) is 5.75 Å². The lowest BCUT2D eigenvalue weighted by Crippen LogP contribution is -2.55. The van der Waals surface area contributed by atoms with E-state index in [4.69, 9.17) is 4.74 Å². The van der Waals surface area contributed by atoms with Crippen LogP contribution < -0.4 is 4.74 Å². The van der Waals surface area contributed by atoms with Gasteiger partial charge in [0.1, 0.15) is 5.75 Å². The molecule has 1 atom stereocenters. The highest BCUT2D eigenvalue weighted by Gasteiger charge is 2.49. The average Bonchev–Trinajstić information content (AvgIpc) is 3.67. The van der Waals surface area contributed by atoms with Crippen LogP contribution in [0, 0.1) is 5.92 Å². The summed E-state index contributed by atoms with van der Waals surface area (Å²) in [4.78, 5) is 21.8. The van der Waals surface area contributed by atoms with Gasteiger partial charge in [0.2, 0.25) is 0 Å². The number of aliphatic hydroxyl groups is 1. The highest BCUT2D eigenvalue weighted by Crippen LogP contribution is 2.51. The Labute approximate surface area is 206 Å². The van der Waals surface area contributed by atoms with Gasteiger partial charge in [-0.25, -0.2) is 0 Å². The van der Waals surface area contributed by atoms with Crippen molar-refractivity contribution in [2.75, 3.05) is 39.9 Å². The molecule has 0 radical (unpaired) electrons. The number of aromatic nitrogens is 2. The molecule has 7 heteroatoms. The summed E-state index contributed by atoms with van der Waals surface area (Å²) in [5.41, 5.74) is 4.36. The molecule has 1 saturated carbocycles. The number of piperidine rings is 1. The highest BCUT2D eigenvalue weighted by atomic mass is 16.5. The Morgan fingerprint density at radius 3 is 2.69 bits per heavy atom. The van der Waals surface area contributed by atoms with Crippen molar-refractivity contribution in [2.24, 2.45) is 13.0 Å². The molecule has 1 N–H and O–H groups in total. The van der Waals surface area contributed by atoms with E-state index in [-0.39, 0.29) is 24.0 Å². The van der Waals surface area contributed by atoms with Crippen molar-refractivity contribution in [1.29, 1.82) is 0 Å². The van der Waals surface area contributed by atoms with Gasteiger partial charge in [0.15, 0.2) is 0 Å². The average molecular weight is 475 g/mol. The molecular formula is C28H34N4O3. The smallest absolute Gasteiger partial charge is 0.255 e. The summed E-state index contributed by atoms with van der Waals surface area (Å²) in [7, 11) is 3.83. The molecule has 184 valence electrons. The number of pyridine rings is 1. The number of likely N-dealkylation sites (tertiary alicyclic amines) is 1. The zero-order valence-corrected chi connectivity index (χ0v) is 20.6. The molecule has 1 saturated heterocycles. The maximum Gasteiger partial charge on any atom is 0.255 e. The molecular weight excluding hydrogens is 440 g/mol. The predicted molar refractivity (Wildman–Crippen MR) is 135 cm³/mol. The molecule has 1 spiro atoms. The fourth-order valence-corrected chi connectivity index (χ4v) is 6.50. The second kappa shape index (κ2) is 8.64. The van der Waals surface area contributed by atoms with E-state index in [2.05, 4.69) is 33.6 Å². The lowest BCUT2D eigenvalue weighted by atomic mass is 9.68. The number of carbonyl (C=O) groups is 1. The highest BCUT2D eigenvalue weighted by molar-refractivity contribution is 5.94. The quantitative estimate of drug-likeness (QED) is 0.613. The van der Waals surface area contributed by atoms with Crippen LogP contribution >= 0.6 is 0 Å². The van der Waals surface area contributed by atoms with E-state index in [9.17, 15) is 9.90 Å². The number of carbonyl (C=O) groups excluding carboxylic acids is 1. The molecule has 1 aromatic carbocycles. The molecule has 3 aliphatic rings. The van der Waals surface area contributed by atoms with E-state index in [0.717, 1.165) is 56.2 Å². The van der Waals surface area contributed by atoms with Crippen LogP contribution in [0.2, 0.25) is 0 Å². The number of benzene rings is 1. The number of hydrogen-bond acceptors (Lipinski definition) is 5. The maximum atomic E-state index is 13.1. The molecule has 0 unspecified atom stereocenters. The Morgan fingerprint density at radius 1 is 1.23 bits per heavy atom. The third-order valence-corrected chi connectivity index (χ3v) is 8.52. The van der Waals surface area contributed by atoms with Crippen molar-refractivity contribution >= 4 is 16.8 Å². The van der Waals surface area contributed by atoms with Crippen LogP contribution in [-0.2, 0) is 12.5 Å². The molecule has 1 amide bonds. The second-order valence-electron chi connectivity index (χ2n) is 10.6. The van der Waals surface area contributed by atoms with Crippen molar-refractivity contribution < 1.29 is 14.6 Å². The molecule has 2 aromatic heterocycles. The first-order valence-electron chi connectivity index (χ1n) is 12.8. The Balaban J connectivity index is 1.41. The Bertz CT molecular complexity index is 1240. The summed E-state index contributed by atoms with van der Waals surface area (Å²) < 4.78 is 7.82. The summed E-state index contributed by atoms with van der Waals surface area (Å²) in [5.74, 6) is 1.65. The zero-order valence-electron chi connectivity index (χ0n) is 20.6. The summed E-state index contributed by atoms with van der Waals surface area (Å²) in [6.07, 6.45) is 7.76. The number of ether oxygens (including phenoxy) is 1. The van der Waals surface area contributed by atoms with Crippen LogP contribution in [0.25, 0.3) is 10.9 Å². The predicted octanol–water partition coefficient (Wildman–Crippen LogP) is 3.51. The minimum Gasteiger partial charge on any atom is -0.497 e. The zero-order chi connectivity index (χ0) is 24.2. The van der Waals surface area contributed by atoms with E-state index >= 15 is 0 Å². The standard InChI is InChI=1S/C28H34N4O3/c1-30-23-14-21(35-2)7-8-22(23)25-26(30)24(17-33)32(16-19-5-6-19)18-28(25)9-12-31(13-10-28)27(34)20-4-3-11-29-15-20/h3-4,7-8,11,14-15,19,24,33H,5-6,9-10,12-13,16-18H2,1-2H3/t24-/m1/s1. The molecule has 0 bridgehead atoms. The van der Waals surface area contributed by atoms with Gasteiger partial charge in [-0.1, -0.05) is 0 Å². The number of rotatable bonds is 5. The summed E-state index contributed by atoms with van der Waals surface area (Å²) in [5, 5.41) is 11.8. The largest absolute Gasteiger partial charge is 0.497 e. The second-order valence-corrected chi connectivity index (χ2v) is 10.6. The third kappa shape index (κ3) is 3.72. The number of methoxy groups -OCH3 is 1. The minimum absolute atomic E-state index is 0.00493. The summed E-state index contributed by atoms with van der Waals surface area (Å²) in [6, 6.07) is 10.0. The molecule has 2 fully saturated rings. The topological polar surface area (TPSA) is 70.8 Å². The Morgan fingerprint density at radius 2 is 2.03 bits per heavy atom. The van der Waals surface area contributed by atoms with Gasteiger partial charge >= 0.3 is 0 Å². The molecule has 4 heterocycles. The van der Waals surface area contributed by atoms with Gasteiger partial charge in [0.05, 0.1) is 30.8 Å². The number of hydrogen-bond donors (Lipinski definition) is 1.